The molecule has 0 aromatic carbocycles. The summed E-state index contributed by atoms with van der Waals surface area (Å²) in [6.07, 6.45) is 5.62. The van der Waals surface area contributed by atoms with Crippen LogP contribution in [0.15, 0.2) is 0 Å². The lowest BCUT2D eigenvalue weighted by molar-refractivity contribution is 0.0483. The van der Waals surface area contributed by atoms with Crippen molar-refractivity contribution < 1.29 is 9.53 Å². The number of ether oxygens (including phenoxy) is 1. The molecule has 0 unspecified atom stereocenters. The molecule has 3 nitrogen and oxygen atoms in total. The first kappa shape index (κ1) is 16.3. The van der Waals surface area contributed by atoms with Gasteiger partial charge in [0.25, 0.3) is 0 Å². The van der Waals surface area contributed by atoms with E-state index in [0.29, 0.717) is 11.5 Å². The van der Waals surface area contributed by atoms with Gasteiger partial charge in [0.2, 0.25) is 0 Å². The summed E-state index contributed by atoms with van der Waals surface area (Å²) in [6.45, 7) is 12.6. The highest BCUT2D eigenvalue weighted by Gasteiger charge is 2.27. The fourth-order valence-corrected chi connectivity index (χ4v) is 2.85. The Hall–Kier alpha value is -0.730. The van der Waals surface area contributed by atoms with E-state index in [4.69, 9.17) is 4.74 Å². The van der Waals surface area contributed by atoms with Crippen molar-refractivity contribution in [2.45, 2.75) is 85.3 Å². The molecule has 112 valence electrons. The van der Waals surface area contributed by atoms with E-state index in [9.17, 15) is 4.79 Å². The van der Waals surface area contributed by atoms with Crippen LogP contribution >= 0.6 is 0 Å². The number of rotatable bonds is 2. The molecule has 0 aromatic heterocycles. The van der Waals surface area contributed by atoms with E-state index >= 15 is 0 Å². The molecule has 0 saturated heterocycles. The normalized spacial score (nSPS) is 24.9. The van der Waals surface area contributed by atoms with Crippen LogP contribution in [0.25, 0.3) is 0 Å². The standard InChI is InChI=1S/C16H31NO2/c1-15(2,3)11-12-7-9-13(10-8-12)17-14(18)19-16(4,5)6/h12-13H,7-11H2,1-6H3,(H,17,18). The lowest BCUT2D eigenvalue weighted by atomic mass is 9.76. The van der Waals surface area contributed by atoms with Crippen LogP contribution in [0.5, 0.6) is 0 Å². The number of hydrogen-bond donors (Lipinski definition) is 1. The first-order valence-corrected chi connectivity index (χ1v) is 7.55. The van der Waals surface area contributed by atoms with Gasteiger partial charge in [-0.1, -0.05) is 20.8 Å². The highest BCUT2D eigenvalue weighted by atomic mass is 16.6. The quantitative estimate of drug-likeness (QED) is 0.801. The van der Waals surface area contributed by atoms with Crippen LogP contribution in [0.3, 0.4) is 0 Å². The fraction of sp³-hybridized carbons (Fsp3) is 0.938. The number of carbonyl (C=O) groups is 1. The van der Waals surface area contributed by atoms with Crippen molar-refractivity contribution in [3.63, 3.8) is 0 Å². The highest BCUT2D eigenvalue weighted by molar-refractivity contribution is 5.68. The van der Waals surface area contributed by atoms with Crippen LogP contribution in [-0.4, -0.2) is 17.7 Å². The molecular weight excluding hydrogens is 238 g/mol. The SMILES string of the molecule is CC(C)(C)CC1CCC(NC(=O)OC(C)(C)C)CC1. The van der Waals surface area contributed by atoms with Crippen LogP contribution in [0, 0.1) is 11.3 Å². The van der Waals surface area contributed by atoms with E-state index in [1.54, 1.807) is 0 Å². The molecule has 1 amide bonds. The van der Waals surface area contributed by atoms with Crippen molar-refractivity contribution in [3.8, 4) is 0 Å². The number of alkyl carbamates (subject to hydrolysis) is 1. The predicted octanol–water partition coefficient (Wildman–Crippen LogP) is 4.51. The van der Waals surface area contributed by atoms with E-state index in [1.165, 1.54) is 19.3 Å². The zero-order valence-electron chi connectivity index (χ0n) is 13.5. The molecule has 1 aliphatic carbocycles. The summed E-state index contributed by atoms with van der Waals surface area (Å²) in [6, 6.07) is 0.297. The summed E-state index contributed by atoms with van der Waals surface area (Å²) >= 11 is 0. The van der Waals surface area contributed by atoms with E-state index in [-0.39, 0.29) is 6.09 Å². The van der Waals surface area contributed by atoms with Crippen LogP contribution in [0.4, 0.5) is 4.79 Å². The summed E-state index contributed by atoms with van der Waals surface area (Å²) in [5, 5.41) is 3.00. The number of nitrogens with one attached hydrogen (secondary N) is 1. The molecule has 0 radical (unpaired) electrons. The van der Waals surface area contributed by atoms with Gasteiger partial charge in [-0.25, -0.2) is 4.79 Å². The largest absolute Gasteiger partial charge is 0.444 e. The Kier molecular flexibility index (Phi) is 5.28. The Morgan fingerprint density at radius 1 is 1.05 bits per heavy atom. The van der Waals surface area contributed by atoms with Crippen molar-refractivity contribution in [2.75, 3.05) is 0 Å². The molecular formula is C16H31NO2. The molecule has 0 atom stereocenters. The second-order valence-electron chi connectivity index (χ2n) is 8.13. The first-order valence-electron chi connectivity index (χ1n) is 7.55. The van der Waals surface area contributed by atoms with Gasteiger partial charge in [-0.15, -0.1) is 0 Å². The van der Waals surface area contributed by atoms with Gasteiger partial charge in [0, 0.05) is 6.04 Å². The molecule has 0 heterocycles. The lowest BCUT2D eigenvalue weighted by Gasteiger charge is -2.33. The Labute approximate surface area is 118 Å². The Morgan fingerprint density at radius 2 is 1.58 bits per heavy atom. The van der Waals surface area contributed by atoms with Crippen LogP contribution in [0.1, 0.15) is 73.6 Å². The zero-order chi connectivity index (χ0) is 14.7. The van der Waals surface area contributed by atoms with Crippen molar-refractivity contribution in [2.24, 2.45) is 11.3 Å². The monoisotopic (exact) mass is 269 g/mol. The second-order valence-corrected chi connectivity index (χ2v) is 8.13. The zero-order valence-corrected chi connectivity index (χ0v) is 13.5. The van der Waals surface area contributed by atoms with Crippen molar-refractivity contribution in [3.05, 3.63) is 0 Å². The maximum atomic E-state index is 11.7. The van der Waals surface area contributed by atoms with Gasteiger partial charge in [-0.2, -0.15) is 0 Å². The molecule has 0 aliphatic heterocycles. The summed E-state index contributed by atoms with van der Waals surface area (Å²) < 4.78 is 5.30. The van der Waals surface area contributed by atoms with Crippen LogP contribution < -0.4 is 5.32 Å². The van der Waals surface area contributed by atoms with Crippen molar-refractivity contribution in [1.82, 2.24) is 5.32 Å². The van der Waals surface area contributed by atoms with Gasteiger partial charge in [-0.05, 0) is 64.2 Å². The minimum atomic E-state index is -0.409. The molecule has 19 heavy (non-hydrogen) atoms. The van der Waals surface area contributed by atoms with Crippen molar-refractivity contribution >= 4 is 6.09 Å². The molecule has 1 N–H and O–H groups in total. The van der Waals surface area contributed by atoms with E-state index in [0.717, 1.165) is 18.8 Å². The van der Waals surface area contributed by atoms with Gasteiger partial charge in [-0.3, -0.25) is 0 Å². The van der Waals surface area contributed by atoms with Gasteiger partial charge < -0.3 is 10.1 Å². The molecule has 1 saturated carbocycles. The van der Waals surface area contributed by atoms with Crippen molar-refractivity contribution in [1.29, 1.82) is 0 Å². The molecule has 0 spiro atoms. The first-order chi connectivity index (χ1) is 8.55. The Morgan fingerprint density at radius 3 is 2.00 bits per heavy atom. The molecule has 0 bridgehead atoms. The van der Waals surface area contributed by atoms with Gasteiger partial charge >= 0.3 is 6.09 Å². The van der Waals surface area contributed by atoms with Gasteiger partial charge in [0.1, 0.15) is 5.60 Å². The smallest absolute Gasteiger partial charge is 0.407 e. The number of hydrogen-bond acceptors (Lipinski definition) is 2. The average molecular weight is 269 g/mol. The molecule has 1 rings (SSSR count). The highest BCUT2D eigenvalue weighted by Crippen LogP contribution is 2.34. The topological polar surface area (TPSA) is 38.3 Å². The fourth-order valence-electron chi connectivity index (χ4n) is 2.85. The Balaban J connectivity index is 2.29. The maximum absolute atomic E-state index is 11.7. The molecule has 1 aliphatic rings. The summed E-state index contributed by atoms with van der Waals surface area (Å²) in [4.78, 5) is 11.7. The molecule has 1 fully saturated rings. The third-order valence-corrected chi connectivity index (χ3v) is 3.47. The number of carbonyl (C=O) groups excluding carboxylic acids is 1. The molecule has 3 heteroatoms. The summed E-state index contributed by atoms with van der Waals surface area (Å²) in [5.41, 5.74) is 0.00359. The molecule has 0 aromatic rings. The minimum Gasteiger partial charge on any atom is -0.444 e. The third kappa shape index (κ3) is 7.44. The third-order valence-electron chi connectivity index (χ3n) is 3.47. The number of amides is 1. The van der Waals surface area contributed by atoms with E-state index < -0.39 is 5.60 Å². The summed E-state index contributed by atoms with van der Waals surface area (Å²) in [7, 11) is 0. The van der Waals surface area contributed by atoms with E-state index in [1.807, 2.05) is 20.8 Å². The Bertz CT molecular complexity index is 291. The second kappa shape index (κ2) is 6.15. The average Bonchev–Trinajstić information content (AvgIpc) is 2.15. The minimum absolute atomic E-state index is 0.272. The lowest BCUT2D eigenvalue weighted by Crippen LogP contribution is -2.41. The summed E-state index contributed by atoms with van der Waals surface area (Å²) in [5.74, 6) is 0.816. The van der Waals surface area contributed by atoms with Crippen LogP contribution in [-0.2, 0) is 4.74 Å². The van der Waals surface area contributed by atoms with E-state index in [2.05, 4.69) is 26.1 Å². The van der Waals surface area contributed by atoms with Gasteiger partial charge in [0.05, 0.1) is 0 Å². The van der Waals surface area contributed by atoms with Crippen LogP contribution in [0.2, 0.25) is 0 Å². The maximum Gasteiger partial charge on any atom is 0.407 e. The van der Waals surface area contributed by atoms with Gasteiger partial charge in [0.15, 0.2) is 0 Å². The predicted molar refractivity (Wildman–Crippen MR) is 79.2 cm³/mol.